The first kappa shape index (κ1) is 19.1. The molecule has 2 heterocycles. The molecular formula is C22H21N3O3S. The van der Waals surface area contributed by atoms with E-state index in [2.05, 4.69) is 10.3 Å². The minimum atomic E-state index is -0.418. The van der Waals surface area contributed by atoms with E-state index in [4.69, 9.17) is 4.74 Å². The van der Waals surface area contributed by atoms with E-state index in [1.54, 1.807) is 29.4 Å². The molecule has 1 aliphatic rings. The molecule has 6 nitrogen and oxygen atoms in total. The first-order valence-corrected chi connectivity index (χ1v) is 10.2. The summed E-state index contributed by atoms with van der Waals surface area (Å²) in [5, 5.41) is 5.94. The molecular weight excluding hydrogens is 386 g/mol. The van der Waals surface area contributed by atoms with Gasteiger partial charge < -0.3 is 15.0 Å². The number of para-hydroxylation sites is 1. The summed E-state index contributed by atoms with van der Waals surface area (Å²) < 4.78 is 5.24. The number of hydrogen-bond acceptors (Lipinski definition) is 5. The molecule has 7 heteroatoms. The van der Waals surface area contributed by atoms with Crippen LogP contribution in [0.1, 0.15) is 11.4 Å². The Morgan fingerprint density at radius 2 is 2.07 bits per heavy atom. The van der Waals surface area contributed by atoms with Crippen molar-refractivity contribution in [2.45, 2.75) is 13.3 Å². The van der Waals surface area contributed by atoms with Crippen LogP contribution in [-0.2, 0) is 9.59 Å². The average Bonchev–Trinajstić information content (AvgIpc) is 3.34. The van der Waals surface area contributed by atoms with Crippen molar-refractivity contribution in [1.29, 1.82) is 0 Å². The first-order valence-electron chi connectivity index (χ1n) is 9.32. The lowest BCUT2D eigenvalue weighted by molar-refractivity contribution is -0.122. The fourth-order valence-corrected chi connectivity index (χ4v) is 4.06. The number of aryl methyl sites for hydroxylation is 1. The maximum atomic E-state index is 12.9. The molecule has 2 aromatic carbocycles. The van der Waals surface area contributed by atoms with Crippen molar-refractivity contribution in [3.05, 3.63) is 58.9 Å². The third-order valence-corrected chi connectivity index (χ3v) is 5.71. The predicted octanol–water partition coefficient (Wildman–Crippen LogP) is 4.12. The molecule has 1 N–H and O–H groups in total. The van der Waals surface area contributed by atoms with Gasteiger partial charge in [-0.15, -0.1) is 11.3 Å². The molecule has 1 unspecified atom stereocenters. The SMILES string of the molecule is COc1cccc(N2CC(C(=O)Nc3ccccc3-c3csc(C)n3)CC2=O)c1. The zero-order valence-corrected chi connectivity index (χ0v) is 17.0. The molecule has 148 valence electrons. The molecule has 1 atom stereocenters. The highest BCUT2D eigenvalue weighted by atomic mass is 32.1. The Morgan fingerprint density at radius 1 is 1.24 bits per heavy atom. The second kappa shape index (κ2) is 8.05. The largest absolute Gasteiger partial charge is 0.497 e. The molecule has 0 aliphatic carbocycles. The molecule has 2 amide bonds. The lowest BCUT2D eigenvalue weighted by Gasteiger charge is -2.17. The van der Waals surface area contributed by atoms with E-state index in [0.29, 0.717) is 18.0 Å². The second-order valence-electron chi connectivity index (χ2n) is 6.89. The van der Waals surface area contributed by atoms with Crippen molar-refractivity contribution in [3.8, 4) is 17.0 Å². The van der Waals surface area contributed by atoms with Crippen LogP contribution in [0.5, 0.6) is 5.75 Å². The van der Waals surface area contributed by atoms with Gasteiger partial charge in [-0.05, 0) is 25.1 Å². The number of ether oxygens (including phenoxy) is 1. The van der Waals surface area contributed by atoms with E-state index in [9.17, 15) is 9.59 Å². The van der Waals surface area contributed by atoms with Crippen molar-refractivity contribution in [2.75, 3.05) is 23.9 Å². The smallest absolute Gasteiger partial charge is 0.229 e. The van der Waals surface area contributed by atoms with Gasteiger partial charge in [-0.2, -0.15) is 0 Å². The summed E-state index contributed by atoms with van der Waals surface area (Å²) in [6.07, 6.45) is 0.182. The molecule has 3 aromatic rings. The number of anilines is 2. The Hall–Kier alpha value is -3.19. The van der Waals surface area contributed by atoms with Crippen LogP contribution in [0, 0.1) is 12.8 Å². The summed E-state index contributed by atoms with van der Waals surface area (Å²) in [6.45, 7) is 2.29. The van der Waals surface area contributed by atoms with Gasteiger partial charge in [0.25, 0.3) is 0 Å². The van der Waals surface area contributed by atoms with Crippen LogP contribution in [0.25, 0.3) is 11.3 Å². The third-order valence-electron chi connectivity index (χ3n) is 4.94. The average molecular weight is 407 g/mol. The standard InChI is InChI=1S/C22H21N3O3S/c1-14-23-20(13-29-14)18-8-3-4-9-19(18)24-22(27)15-10-21(26)25(12-15)16-6-5-7-17(11-16)28-2/h3-9,11,13,15H,10,12H2,1-2H3,(H,24,27). The quantitative estimate of drug-likeness (QED) is 0.691. The highest BCUT2D eigenvalue weighted by Gasteiger charge is 2.35. The van der Waals surface area contributed by atoms with Gasteiger partial charge in [-0.1, -0.05) is 24.3 Å². The van der Waals surface area contributed by atoms with Crippen LogP contribution in [0.4, 0.5) is 11.4 Å². The highest BCUT2D eigenvalue weighted by Crippen LogP contribution is 2.31. The maximum absolute atomic E-state index is 12.9. The lowest BCUT2D eigenvalue weighted by Crippen LogP contribution is -2.28. The first-order chi connectivity index (χ1) is 14.0. The molecule has 1 saturated heterocycles. The van der Waals surface area contributed by atoms with Crippen LogP contribution < -0.4 is 15.0 Å². The summed E-state index contributed by atoms with van der Waals surface area (Å²) in [6, 6.07) is 14.9. The van der Waals surface area contributed by atoms with E-state index in [0.717, 1.165) is 22.0 Å². The number of carbonyl (C=O) groups is 2. The van der Waals surface area contributed by atoms with Gasteiger partial charge >= 0.3 is 0 Å². The Labute approximate surface area is 173 Å². The molecule has 1 aliphatic heterocycles. The lowest BCUT2D eigenvalue weighted by atomic mass is 10.1. The molecule has 0 radical (unpaired) electrons. The number of nitrogens with one attached hydrogen (secondary N) is 1. The third kappa shape index (κ3) is 4.00. The molecule has 0 spiro atoms. The van der Waals surface area contributed by atoms with Gasteiger partial charge in [0.15, 0.2) is 0 Å². The number of rotatable bonds is 5. The van der Waals surface area contributed by atoms with Crippen LogP contribution in [0.15, 0.2) is 53.9 Å². The summed E-state index contributed by atoms with van der Waals surface area (Å²) in [7, 11) is 1.59. The number of carbonyl (C=O) groups excluding carboxylic acids is 2. The molecule has 4 rings (SSSR count). The monoisotopic (exact) mass is 407 g/mol. The van der Waals surface area contributed by atoms with Crippen molar-refractivity contribution in [2.24, 2.45) is 5.92 Å². The second-order valence-corrected chi connectivity index (χ2v) is 7.96. The number of methoxy groups -OCH3 is 1. The van der Waals surface area contributed by atoms with Crippen molar-refractivity contribution in [1.82, 2.24) is 4.98 Å². The number of amides is 2. The normalized spacial score (nSPS) is 16.1. The van der Waals surface area contributed by atoms with Gasteiger partial charge in [0.2, 0.25) is 11.8 Å². The van der Waals surface area contributed by atoms with Crippen LogP contribution >= 0.6 is 11.3 Å². The van der Waals surface area contributed by atoms with Crippen molar-refractivity contribution < 1.29 is 14.3 Å². The Morgan fingerprint density at radius 3 is 2.83 bits per heavy atom. The number of aromatic nitrogens is 1. The number of nitrogens with zero attached hydrogens (tertiary/aromatic N) is 2. The van der Waals surface area contributed by atoms with Crippen LogP contribution in [0.3, 0.4) is 0 Å². The predicted molar refractivity (Wildman–Crippen MR) is 114 cm³/mol. The Balaban J connectivity index is 1.51. The van der Waals surface area contributed by atoms with E-state index >= 15 is 0 Å². The fourth-order valence-electron chi connectivity index (χ4n) is 3.45. The summed E-state index contributed by atoms with van der Waals surface area (Å²) in [4.78, 5) is 31.6. The molecule has 1 fully saturated rings. The Bertz CT molecular complexity index is 1060. The van der Waals surface area contributed by atoms with Crippen molar-refractivity contribution >= 4 is 34.5 Å². The number of thiazole rings is 1. The minimum absolute atomic E-state index is 0.0678. The van der Waals surface area contributed by atoms with Gasteiger partial charge in [-0.25, -0.2) is 4.98 Å². The Kier molecular flexibility index (Phi) is 5.31. The summed E-state index contributed by atoms with van der Waals surface area (Å²) in [5.41, 5.74) is 3.15. The zero-order chi connectivity index (χ0) is 20.4. The zero-order valence-electron chi connectivity index (χ0n) is 16.2. The molecule has 1 aromatic heterocycles. The van der Waals surface area contributed by atoms with Gasteiger partial charge in [0, 0.05) is 35.7 Å². The number of benzene rings is 2. The fraction of sp³-hybridized carbons (Fsp3) is 0.227. The highest BCUT2D eigenvalue weighted by molar-refractivity contribution is 7.09. The van der Waals surface area contributed by atoms with Gasteiger partial charge in [-0.3, -0.25) is 9.59 Å². The van der Waals surface area contributed by atoms with E-state index in [1.165, 1.54) is 0 Å². The van der Waals surface area contributed by atoms with E-state index < -0.39 is 5.92 Å². The van der Waals surface area contributed by atoms with Gasteiger partial charge in [0.05, 0.1) is 29.4 Å². The summed E-state index contributed by atoms with van der Waals surface area (Å²) >= 11 is 1.57. The molecule has 0 bridgehead atoms. The van der Waals surface area contributed by atoms with Crippen LogP contribution in [-0.4, -0.2) is 30.5 Å². The van der Waals surface area contributed by atoms with Crippen molar-refractivity contribution in [3.63, 3.8) is 0 Å². The topological polar surface area (TPSA) is 71.5 Å². The number of hydrogen-bond donors (Lipinski definition) is 1. The van der Waals surface area contributed by atoms with Crippen LogP contribution in [0.2, 0.25) is 0 Å². The summed E-state index contributed by atoms with van der Waals surface area (Å²) in [5.74, 6) is 0.0274. The molecule has 0 saturated carbocycles. The molecule has 29 heavy (non-hydrogen) atoms. The minimum Gasteiger partial charge on any atom is -0.497 e. The maximum Gasteiger partial charge on any atom is 0.229 e. The van der Waals surface area contributed by atoms with E-state index in [-0.39, 0.29) is 18.2 Å². The van der Waals surface area contributed by atoms with E-state index in [1.807, 2.05) is 54.8 Å². The van der Waals surface area contributed by atoms with Gasteiger partial charge in [0.1, 0.15) is 5.75 Å².